The van der Waals surface area contributed by atoms with Gasteiger partial charge in [0.1, 0.15) is 0 Å². The quantitative estimate of drug-likeness (QED) is 0.672. The van der Waals surface area contributed by atoms with Crippen LogP contribution in [0.1, 0.15) is 30.9 Å². The molecular weight excluding hydrogens is 247 g/mol. The molecule has 1 aromatic carbocycles. The zero-order valence-corrected chi connectivity index (χ0v) is 10.0. The van der Waals surface area contributed by atoms with Gasteiger partial charge >= 0.3 is 12.1 Å². The fourth-order valence-corrected chi connectivity index (χ4v) is 1.52. The van der Waals surface area contributed by atoms with Gasteiger partial charge in [-0.05, 0) is 37.6 Å². The molecule has 0 saturated carbocycles. The number of alkyl halides is 3. The molecule has 0 aliphatic rings. The molecule has 2 N–H and O–H groups in total. The number of carbonyl (C=O) groups excluding carboxylic acids is 1. The molecule has 0 aromatic heterocycles. The molecule has 1 rings (SSSR count). The number of rotatable bonds is 3. The highest BCUT2D eigenvalue weighted by atomic mass is 19.4. The standard InChI is InChI=1S/C12H14F3NO2/c1-3-18-11(17)7(2)9-6-8(12(13,14)15)4-5-10(9)16/h4-7H,3,16H2,1-2H3. The normalized spacial score (nSPS) is 13.2. The van der Waals surface area contributed by atoms with Gasteiger partial charge in [0.05, 0.1) is 18.1 Å². The molecular formula is C12H14F3NO2. The molecule has 1 atom stereocenters. The largest absolute Gasteiger partial charge is 0.466 e. The summed E-state index contributed by atoms with van der Waals surface area (Å²) in [6, 6.07) is 2.92. The van der Waals surface area contributed by atoms with Crippen LogP contribution < -0.4 is 5.73 Å². The van der Waals surface area contributed by atoms with Gasteiger partial charge in [-0.1, -0.05) is 0 Å². The predicted molar refractivity (Wildman–Crippen MR) is 60.9 cm³/mol. The van der Waals surface area contributed by atoms with Crippen molar-refractivity contribution in [2.75, 3.05) is 12.3 Å². The summed E-state index contributed by atoms with van der Waals surface area (Å²) in [5.41, 5.74) is 5.03. The van der Waals surface area contributed by atoms with Crippen LogP contribution in [-0.2, 0) is 15.7 Å². The van der Waals surface area contributed by atoms with E-state index in [0.29, 0.717) is 0 Å². The number of nitrogens with two attached hydrogens (primary N) is 1. The summed E-state index contributed by atoms with van der Waals surface area (Å²) in [6.07, 6.45) is -4.46. The Morgan fingerprint density at radius 2 is 2.06 bits per heavy atom. The lowest BCUT2D eigenvalue weighted by Gasteiger charge is -2.15. The second kappa shape index (κ2) is 5.29. The van der Waals surface area contributed by atoms with Crippen LogP contribution in [0.15, 0.2) is 18.2 Å². The third-order valence-electron chi connectivity index (χ3n) is 2.52. The average Bonchev–Trinajstić information content (AvgIpc) is 2.27. The fraction of sp³-hybridized carbons (Fsp3) is 0.417. The Labute approximate surface area is 103 Å². The van der Waals surface area contributed by atoms with Gasteiger partial charge in [-0.2, -0.15) is 13.2 Å². The van der Waals surface area contributed by atoms with Gasteiger partial charge in [0.2, 0.25) is 0 Å². The second-order valence-corrected chi connectivity index (χ2v) is 3.82. The number of carbonyl (C=O) groups is 1. The Morgan fingerprint density at radius 3 is 2.56 bits per heavy atom. The van der Waals surface area contributed by atoms with Crippen molar-refractivity contribution in [3.05, 3.63) is 29.3 Å². The maximum atomic E-state index is 12.6. The van der Waals surface area contributed by atoms with Crippen molar-refractivity contribution in [2.24, 2.45) is 0 Å². The number of halogens is 3. The van der Waals surface area contributed by atoms with Crippen LogP contribution in [0.5, 0.6) is 0 Å². The van der Waals surface area contributed by atoms with E-state index >= 15 is 0 Å². The zero-order chi connectivity index (χ0) is 13.9. The molecule has 1 unspecified atom stereocenters. The van der Waals surface area contributed by atoms with Crippen molar-refractivity contribution in [3.8, 4) is 0 Å². The summed E-state index contributed by atoms with van der Waals surface area (Å²) in [6.45, 7) is 3.26. The number of benzene rings is 1. The highest BCUT2D eigenvalue weighted by molar-refractivity contribution is 5.80. The Bertz CT molecular complexity index is 443. The number of esters is 1. The fourth-order valence-electron chi connectivity index (χ4n) is 1.52. The number of ether oxygens (including phenoxy) is 1. The first-order valence-corrected chi connectivity index (χ1v) is 5.40. The van der Waals surface area contributed by atoms with Crippen LogP contribution in [0.4, 0.5) is 18.9 Å². The first kappa shape index (κ1) is 14.3. The van der Waals surface area contributed by atoms with Gasteiger partial charge in [-0.15, -0.1) is 0 Å². The molecule has 0 heterocycles. The van der Waals surface area contributed by atoms with E-state index in [4.69, 9.17) is 10.5 Å². The van der Waals surface area contributed by atoms with Crippen LogP contribution >= 0.6 is 0 Å². The van der Waals surface area contributed by atoms with Crippen molar-refractivity contribution >= 4 is 11.7 Å². The van der Waals surface area contributed by atoms with Crippen LogP contribution in [-0.4, -0.2) is 12.6 Å². The molecule has 0 fully saturated rings. The molecule has 3 nitrogen and oxygen atoms in total. The molecule has 6 heteroatoms. The van der Waals surface area contributed by atoms with Crippen LogP contribution in [0.2, 0.25) is 0 Å². The van der Waals surface area contributed by atoms with Crippen LogP contribution in [0.25, 0.3) is 0 Å². The maximum absolute atomic E-state index is 12.6. The summed E-state index contributed by atoms with van der Waals surface area (Å²) in [4.78, 5) is 11.5. The van der Waals surface area contributed by atoms with E-state index in [-0.39, 0.29) is 17.9 Å². The molecule has 18 heavy (non-hydrogen) atoms. The Kier molecular flexibility index (Phi) is 4.21. The van der Waals surface area contributed by atoms with E-state index in [0.717, 1.165) is 18.2 Å². The van der Waals surface area contributed by atoms with Gasteiger partial charge in [0.25, 0.3) is 0 Å². The summed E-state index contributed by atoms with van der Waals surface area (Å²) >= 11 is 0. The Balaban J connectivity index is 3.12. The van der Waals surface area contributed by atoms with Crippen molar-refractivity contribution in [2.45, 2.75) is 25.9 Å². The molecule has 0 amide bonds. The topological polar surface area (TPSA) is 52.3 Å². The minimum Gasteiger partial charge on any atom is -0.466 e. The van der Waals surface area contributed by atoms with Gasteiger partial charge in [0, 0.05) is 5.69 Å². The van der Waals surface area contributed by atoms with Gasteiger partial charge in [-0.3, -0.25) is 4.79 Å². The van der Waals surface area contributed by atoms with E-state index in [1.54, 1.807) is 6.92 Å². The molecule has 100 valence electrons. The first-order chi connectivity index (χ1) is 8.27. The minimum atomic E-state index is -4.46. The number of hydrogen-bond acceptors (Lipinski definition) is 3. The van der Waals surface area contributed by atoms with Gasteiger partial charge in [0.15, 0.2) is 0 Å². The van der Waals surface area contributed by atoms with E-state index in [1.807, 2.05) is 0 Å². The molecule has 0 spiro atoms. The average molecular weight is 261 g/mol. The summed E-state index contributed by atoms with van der Waals surface area (Å²) in [5.74, 6) is -1.42. The molecule has 1 aromatic rings. The Hall–Kier alpha value is -1.72. The van der Waals surface area contributed by atoms with E-state index in [1.165, 1.54) is 6.92 Å². The SMILES string of the molecule is CCOC(=O)C(C)c1cc(C(F)(F)F)ccc1N. The summed E-state index contributed by atoms with van der Waals surface area (Å²) < 4.78 is 42.4. The third kappa shape index (κ3) is 3.15. The predicted octanol–water partition coefficient (Wildman–Crippen LogP) is 2.95. The lowest BCUT2D eigenvalue weighted by Crippen LogP contribution is -2.16. The van der Waals surface area contributed by atoms with Crippen LogP contribution in [0.3, 0.4) is 0 Å². The second-order valence-electron chi connectivity index (χ2n) is 3.82. The smallest absolute Gasteiger partial charge is 0.416 e. The highest BCUT2D eigenvalue weighted by Crippen LogP contribution is 2.33. The first-order valence-electron chi connectivity index (χ1n) is 5.40. The van der Waals surface area contributed by atoms with Crippen molar-refractivity contribution in [1.29, 1.82) is 0 Å². The van der Waals surface area contributed by atoms with E-state index in [9.17, 15) is 18.0 Å². The number of anilines is 1. The molecule has 0 radical (unpaired) electrons. The van der Waals surface area contributed by atoms with Crippen molar-refractivity contribution in [1.82, 2.24) is 0 Å². The van der Waals surface area contributed by atoms with Gasteiger partial charge in [-0.25, -0.2) is 0 Å². The minimum absolute atomic E-state index is 0.128. The zero-order valence-electron chi connectivity index (χ0n) is 10.0. The lowest BCUT2D eigenvalue weighted by molar-refractivity contribution is -0.144. The van der Waals surface area contributed by atoms with Crippen molar-refractivity contribution < 1.29 is 22.7 Å². The highest BCUT2D eigenvalue weighted by Gasteiger charge is 2.32. The Morgan fingerprint density at radius 1 is 1.44 bits per heavy atom. The monoisotopic (exact) mass is 261 g/mol. The van der Waals surface area contributed by atoms with E-state index < -0.39 is 23.6 Å². The molecule has 0 bridgehead atoms. The number of nitrogen functional groups attached to an aromatic ring is 1. The molecule has 0 aliphatic carbocycles. The van der Waals surface area contributed by atoms with Crippen molar-refractivity contribution in [3.63, 3.8) is 0 Å². The lowest BCUT2D eigenvalue weighted by atomic mass is 9.97. The molecule has 0 aliphatic heterocycles. The third-order valence-corrected chi connectivity index (χ3v) is 2.52. The van der Waals surface area contributed by atoms with E-state index in [2.05, 4.69) is 0 Å². The summed E-state index contributed by atoms with van der Waals surface area (Å²) in [5, 5.41) is 0. The number of hydrogen-bond donors (Lipinski definition) is 1. The maximum Gasteiger partial charge on any atom is 0.416 e. The van der Waals surface area contributed by atoms with Crippen LogP contribution in [0, 0.1) is 0 Å². The molecule has 0 saturated heterocycles. The van der Waals surface area contributed by atoms with Gasteiger partial charge < -0.3 is 10.5 Å². The summed E-state index contributed by atoms with van der Waals surface area (Å²) in [7, 11) is 0.